The lowest BCUT2D eigenvalue weighted by molar-refractivity contribution is -0.138. The van der Waals surface area contributed by atoms with E-state index in [0.29, 0.717) is 35.3 Å². The Kier molecular flexibility index (Phi) is 20.0. The highest BCUT2D eigenvalue weighted by Gasteiger charge is 2.59. The van der Waals surface area contributed by atoms with Gasteiger partial charge in [0.2, 0.25) is 11.8 Å². The Morgan fingerprint density at radius 1 is 0.604 bits per heavy atom. The molecule has 91 heavy (non-hydrogen) atoms. The van der Waals surface area contributed by atoms with Crippen LogP contribution in [0.4, 0.5) is 39.5 Å². The second-order valence-electron chi connectivity index (χ2n) is 24.5. The Balaban J connectivity index is 0.000000171. The van der Waals surface area contributed by atoms with Gasteiger partial charge >= 0.3 is 19.5 Å². The van der Waals surface area contributed by atoms with Crippen LogP contribution in [0.25, 0.3) is 11.1 Å². The molecule has 27 heteroatoms. The van der Waals surface area contributed by atoms with Crippen LogP contribution in [-0.2, 0) is 77.0 Å². The van der Waals surface area contributed by atoms with E-state index in [4.69, 9.17) is 28.3 Å². The van der Waals surface area contributed by atoms with Crippen molar-refractivity contribution in [3.63, 3.8) is 0 Å². The van der Waals surface area contributed by atoms with Crippen LogP contribution in [0.2, 0.25) is 0 Å². The van der Waals surface area contributed by atoms with Crippen LogP contribution in [0.1, 0.15) is 111 Å². The molecular weight excluding hydrogens is 1310 g/mol. The van der Waals surface area contributed by atoms with Crippen molar-refractivity contribution in [1.82, 2.24) is 9.97 Å². The minimum atomic E-state index is -4.72. The van der Waals surface area contributed by atoms with Crippen LogP contribution in [0.5, 0.6) is 23.3 Å². The first-order valence-electron chi connectivity index (χ1n) is 28.9. The second kappa shape index (κ2) is 26.5. The number of alkyl halides is 6. The molecular formula is C64H65BBrF9N2O12S2. The van der Waals surface area contributed by atoms with E-state index in [2.05, 4.69) is 25.9 Å². The standard InChI is InChI=1S/C29H27F4NO5S.C24H27BFNO4.C11H11BrF4O3S/c1-16(35)27-22-11-18-12-26(34-14-23(18)28(22)27)39-15-19-10-17(4-7-25(19)30)21-6-5-20(13-24(21)29(31,32)33)38-8-3-9-40(2,36)37;1-13(28)21-17-9-14-10-20(27-11-18(14)22(17)21)29-12-15-8-16(6-7-19(15)26)25-30-23(2,3)24(4,5)31-25;1-20(17,18)4-2-3-19-7-5-8(11(14,15)16)10(12)9(13)6-7/h4-7,10,12-14,22,27-28H,3,8-9,11,15H2,1-2H3;6-8,10-11,17,21-22H,9,12H2,1-5H3;5-6H,2-4H2,1H3/t22-,27-,28+;17-,21-,22+;/m00./s1. The number of Topliss-reactive ketones (excluding diaryl/α,β-unsaturated/α-hetero) is 2. The lowest BCUT2D eigenvalue weighted by Gasteiger charge is -2.32. The van der Waals surface area contributed by atoms with Crippen LogP contribution in [0.15, 0.2) is 95.7 Å². The summed E-state index contributed by atoms with van der Waals surface area (Å²) in [5.74, 6) is -0.0716. The lowest BCUT2D eigenvalue weighted by Crippen LogP contribution is -2.41. The fourth-order valence-corrected chi connectivity index (χ4v) is 13.5. The largest absolute Gasteiger partial charge is 0.494 e. The number of aromatic nitrogens is 2. The molecule has 0 radical (unpaired) electrons. The van der Waals surface area contributed by atoms with Gasteiger partial charge in [0, 0.05) is 66.1 Å². The molecule has 0 N–H and O–H groups in total. The summed E-state index contributed by atoms with van der Waals surface area (Å²) in [6, 6.07) is 17.1. The van der Waals surface area contributed by atoms with E-state index in [1.807, 2.05) is 40.0 Å². The van der Waals surface area contributed by atoms with Crippen molar-refractivity contribution in [3.8, 4) is 34.4 Å². The Labute approximate surface area is 530 Å². The van der Waals surface area contributed by atoms with Crippen molar-refractivity contribution < 1.29 is 94.2 Å². The van der Waals surface area contributed by atoms with Gasteiger partial charge in [0.15, 0.2) is 0 Å². The van der Waals surface area contributed by atoms with Crippen molar-refractivity contribution in [2.45, 2.75) is 116 Å². The maximum atomic E-state index is 14.6. The molecule has 4 aliphatic carbocycles. The number of hydrogen-bond donors (Lipinski definition) is 0. The molecule has 0 amide bonds. The number of benzene rings is 4. The maximum Gasteiger partial charge on any atom is 0.494 e. The van der Waals surface area contributed by atoms with E-state index in [1.165, 1.54) is 35.9 Å². The van der Waals surface area contributed by atoms with Gasteiger partial charge in [-0.2, -0.15) is 26.3 Å². The van der Waals surface area contributed by atoms with Crippen LogP contribution >= 0.6 is 15.9 Å². The summed E-state index contributed by atoms with van der Waals surface area (Å²) in [5.41, 5.74) is 2.59. The number of pyridine rings is 2. The zero-order chi connectivity index (χ0) is 66.5. The average Bonchev–Trinajstić information content (AvgIpc) is 1.56. The van der Waals surface area contributed by atoms with Crippen LogP contribution < -0.4 is 24.4 Å². The van der Waals surface area contributed by atoms with Gasteiger partial charge in [0.1, 0.15) is 73.4 Å². The molecule has 5 aliphatic rings. The molecule has 0 bridgehead atoms. The summed E-state index contributed by atoms with van der Waals surface area (Å²) in [4.78, 5) is 32.1. The maximum absolute atomic E-state index is 14.6. The number of ketones is 2. The Morgan fingerprint density at radius 3 is 1.54 bits per heavy atom. The average molecular weight is 1380 g/mol. The number of hydrogen-bond acceptors (Lipinski definition) is 14. The molecule has 2 aromatic heterocycles. The van der Waals surface area contributed by atoms with Gasteiger partial charge in [-0.25, -0.2) is 40.0 Å². The fraction of sp³-hybridized carbons (Fsp3) is 0.438. The smallest absolute Gasteiger partial charge is 0.494 e. The van der Waals surface area contributed by atoms with E-state index in [0.717, 1.165) is 65.7 Å². The quantitative estimate of drug-likeness (QED) is 0.0399. The number of carbonyl (C=O) groups excluding carboxylic acids is 2. The molecule has 3 heterocycles. The highest BCUT2D eigenvalue weighted by atomic mass is 79.9. The first-order valence-corrected chi connectivity index (χ1v) is 33.9. The van der Waals surface area contributed by atoms with Crippen LogP contribution in [0, 0.1) is 41.1 Å². The number of carbonyl (C=O) groups is 2. The monoisotopic (exact) mass is 1380 g/mol. The highest BCUT2D eigenvalue weighted by molar-refractivity contribution is 9.10. The van der Waals surface area contributed by atoms with Gasteiger partial charge in [-0.05, 0) is 182 Å². The van der Waals surface area contributed by atoms with Gasteiger partial charge in [-0.1, -0.05) is 24.3 Å². The van der Waals surface area contributed by atoms with E-state index < -0.39 is 77.6 Å². The van der Waals surface area contributed by atoms with Crippen molar-refractivity contribution in [2.24, 2.45) is 23.7 Å². The SMILES string of the molecule is CC(=O)[C@H]1[C@@H]2Cc3cc(OCc4cc(-c5ccc(OCCCS(C)(=O)=O)cc5C(F)(F)F)ccc4F)ncc3[C@@H]21.CC(=O)[C@H]1[C@@H]2Cc3cc(OCc4cc(B5OC(C)(C)C(C)(C)O5)ccc4F)ncc3[C@@H]21.CS(=O)(=O)CCCOc1cc(F)c(Br)c(C(F)(F)F)c1. The van der Waals surface area contributed by atoms with E-state index in [9.17, 15) is 65.9 Å². The molecule has 3 fully saturated rings. The molecule has 1 aliphatic heterocycles. The molecule has 488 valence electrons. The third-order valence-corrected chi connectivity index (χ3v) is 19.9. The Morgan fingerprint density at radius 2 is 1.07 bits per heavy atom. The van der Waals surface area contributed by atoms with Gasteiger partial charge in [-0.15, -0.1) is 0 Å². The number of sulfone groups is 2. The number of fused-ring (bicyclic) bond motifs is 6. The topological polar surface area (TPSA) is 184 Å². The summed E-state index contributed by atoms with van der Waals surface area (Å²) < 4.78 is 200. The molecule has 0 unspecified atom stereocenters. The van der Waals surface area contributed by atoms with Gasteiger partial charge in [-0.3, -0.25) is 9.59 Å². The van der Waals surface area contributed by atoms with Crippen molar-refractivity contribution in [1.29, 1.82) is 0 Å². The predicted octanol–water partition coefficient (Wildman–Crippen LogP) is 12.8. The first kappa shape index (κ1) is 68.8. The molecule has 14 nitrogen and oxygen atoms in total. The van der Waals surface area contributed by atoms with E-state index in [1.54, 1.807) is 38.2 Å². The normalized spacial score (nSPS) is 20.6. The van der Waals surface area contributed by atoms with Gasteiger partial charge < -0.3 is 28.3 Å². The molecule has 6 atom stereocenters. The summed E-state index contributed by atoms with van der Waals surface area (Å²) in [5, 5.41) is 0. The van der Waals surface area contributed by atoms with E-state index in [-0.39, 0.29) is 120 Å². The first-order chi connectivity index (χ1) is 42.4. The molecule has 4 aromatic carbocycles. The molecule has 11 rings (SSSR count). The Hall–Kier alpha value is -6.55. The number of rotatable bonds is 20. The summed E-state index contributed by atoms with van der Waals surface area (Å²) in [7, 11) is -6.93. The molecule has 2 saturated carbocycles. The second-order valence-corrected chi connectivity index (χ2v) is 29.8. The van der Waals surface area contributed by atoms with Gasteiger partial charge in [0.05, 0.1) is 51.5 Å². The lowest BCUT2D eigenvalue weighted by atomic mass is 9.78. The molecule has 0 spiro atoms. The molecule has 6 aromatic rings. The third-order valence-electron chi connectivity index (χ3n) is 17.1. The fourth-order valence-electron chi connectivity index (χ4n) is 11.8. The Bertz CT molecular complexity index is 3990. The molecule has 1 saturated heterocycles. The summed E-state index contributed by atoms with van der Waals surface area (Å²) in [6.07, 6.45) is -1.94. The third kappa shape index (κ3) is 16.5. The van der Waals surface area contributed by atoms with Crippen LogP contribution in [-0.4, -0.2) is 93.9 Å². The van der Waals surface area contributed by atoms with Crippen LogP contribution in [0.3, 0.4) is 0 Å². The van der Waals surface area contributed by atoms with Crippen molar-refractivity contribution in [2.75, 3.05) is 37.2 Å². The van der Waals surface area contributed by atoms with Crippen molar-refractivity contribution in [3.05, 3.63) is 158 Å². The predicted molar refractivity (Wildman–Crippen MR) is 323 cm³/mol. The minimum Gasteiger partial charge on any atom is -0.494 e. The minimum absolute atomic E-state index is 0.0508. The number of halogens is 10. The van der Waals surface area contributed by atoms with Gasteiger partial charge in [0.25, 0.3) is 0 Å². The van der Waals surface area contributed by atoms with E-state index >= 15 is 0 Å². The van der Waals surface area contributed by atoms with Crippen molar-refractivity contribution >= 4 is 59.8 Å². The highest BCUT2D eigenvalue weighted by Crippen LogP contribution is 2.63. The zero-order valence-corrected chi connectivity index (χ0v) is 53.9. The zero-order valence-electron chi connectivity index (χ0n) is 50.7. The summed E-state index contributed by atoms with van der Waals surface area (Å²) in [6.45, 7) is 10.9. The number of nitrogens with zero attached hydrogens (tertiary/aromatic N) is 2. The summed E-state index contributed by atoms with van der Waals surface area (Å²) >= 11 is 2.53. The number of ether oxygens (including phenoxy) is 4.